The number of aryl methyl sites for hydroxylation is 1. The molecule has 0 aliphatic heterocycles. The molecule has 0 saturated carbocycles. The van der Waals surface area contributed by atoms with Crippen LogP contribution in [0.4, 0.5) is 34.8 Å². The minimum absolute atomic E-state index is 0.470. The Kier molecular flexibility index (Phi) is 10.8. The molecule has 0 radical (unpaired) electrons. The molecule has 2 aromatic carbocycles. The van der Waals surface area contributed by atoms with Crippen molar-refractivity contribution >= 4 is 41.8 Å². The fraction of sp³-hybridized carbons (Fsp3) is 0.324. The first kappa shape index (κ1) is 40.4. The molecule has 0 aliphatic rings. The molecule has 282 valence electrons. The van der Waals surface area contributed by atoms with Gasteiger partial charge in [0.1, 0.15) is 29.1 Å². The van der Waals surface area contributed by atoms with Crippen LogP contribution in [0.15, 0.2) is 67.0 Å². The van der Waals surface area contributed by atoms with Gasteiger partial charge in [0.05, 0.1) is 22.2 Å². The standard InChI is InChI=1S/C37H38N5O4.F6P/c1-8-9-22-40-24-26(18-20-30-28-14-10-12-16-32(28)41(38-30)34(43)45-36(2,3)4)23-27(25-40)19-21-31-29-15-11-13-17-33(29)42(39-31)35(44)46-37(5,6)7;1-7(2,3,4,5)6/h10-17,23-25H,8-9,22H2,1-7H3;/q+1;-1. The van der Waals surface area contributed by atoms with Crippen molar-refractivity contribution in [1.82, 2.24) is 19.6 Å². The fourth-order valence-corrected chi connectivity index (χ4v) is 4.71. The molecule has 0 aliphatic carbocycles. The first-order valence-corrected chi connectivity index (χ1v) is 18.4. The number of pyridine rings is 1. The average molecular weight is 762 g/mol. The first-order chi connectivity index (χ1) is 24.3. The molecule has 5 rings (SSSR count). The van der Waals surface area contributed by atoms with Gasteiger partial charge in [0, 0.05) is 17.2 Å². The molecule has 0 bridgehead atoms. The molecule has 0 amide bonds. The quantitative estimate of drug-likeness (QED) is 0.0787. The fourth-order valence-electron chi connectivity index (χ4n) is 4.71. The summed E-state index contributed by atoms with van der Waals surface area (Å²) in [6.45, 7) is 13.8. The third-order valence-electron chi connectivity index (χ3n) is 6.65. The Morgan fingerprint density at radius 2 is 1.08 bits per heavy atom. The Morgan fingerprint density at radius 3 is 1.43 bits per heavy atom. The number of rotatable bonds is 3. The Balaban J connectivity index is 0.000000815. The molecule has 0 fully saturated rings. The second-order valence-corrected chi connectivity index (χ2v) is 15.8. The Morgan fingerprint density at radius 1 is 0.698 bits per heavy atom. The molecule has 0 unspecified atom stereocenters. The number of carbonyl (C=O) groups excluding carboxylic acids is 2. The van der Waals surface area contributed by atoms with E-state index in [1.54, 1.807) is 0 Å². The number of hydrogen-bond acceptors (Lipinski definition) is 6. The number of para-hydroxylation sites is 2. The van der Waals surface area contributed by atoms with Crippen molar-refractivity contribution in [2.75, 3.05) is 0 Å². The summed E-state index contributed by atoms with van der Waals surface area (Å²) >= 11 is 0. The Labute approximate surface area is 302 Å². The van der Waals surface area contributed by atoms with Crippen molar-refractivity contribution in [1.29, 1.82) is 0 Å². The predicted molar refractivity (Wildman–Crippen MR) is 190 cm³/mol. The molecule has 0 saturated heterocycles. The van der Waals surface area contributed by atoms with Gasteiger partial charge in [-0.2, -0.15) is 19.6 Å². The summed E-state index contributed by atoms with van der Waals surface area (Å²) in [7, 11) is -10.7. The van der Waals surface area contributed by atoms with Gasteiger partial charge in [-0.25, -0.2) is 14.2 Å². The molecule has 9 nitrogen and oxygen atoms in total. The van der Waals surface area contributed by atoms with Gasteiger partial charge in [0.2, 0.25) is 0 Å². The van der Waals surface area contributed by atoms with E-state index in [1.165, 1.54) is 9.36 Å². The van der Waals surface area contributed by atoms with Crippen LogP contribution in [0, 0.1) is 23.7 Å². The van der Waals surface area contributed by atoms with Crippen LogP contribution in [-0.4, -0.2) is 42.9 Å². The SMILES string of the molecule is CCCC[n+]1cc(C#Cc2nn(C(=O)OC(C)(C)C)c3ccccc23)cc(C#Cc2nn(C(=O)OC(C)(C)C)c3ccccc23)c1.F[P-](F)(F)(F)(F)F. The number of unbranched alkanes of at least 4 members (excludes halogenated alkanes) is 1. The molecule has 0 atom stereocenters. The van der Waals surface area contributed by atoms with Crippen molar-refractivity contribution in [3.63, 3.8) is 0 Å². The van der Waals surface area contributed by atoms with Gasteiger partial charge >= 0.3 is 45.2 Å². The van der Waals surface area contributed by atoms with Crippen molar-refractivity contribution < 1.29 is 48.8 Å². The number of aromatic nitrogens is 5. The summed E-state index contributed by atoms with van der Waals surface area (Å²) in [6, 6.07) is 16.8. The van der Waals surface area contributed by atoms with Crippen molar-refractivity contribution in [2.45, 2.75) is 79.1 Å². The summed E-state index contributed by atoms with van der Waals surface area (Å²) in [5.74, 6) is 12.8. The van der Waals surface area contributed by atoms with Crippen LogP contribution in [0.25, 0.3) is 21.8 Å². The van der Waals surface area contributed by atoms with Crippen LogP contribution in [-0.2, 0) is 16.0 Å². The maximum absolute atomic E-state index is 12.9. The van der Waals surface area contributed by atoms with Crippen molar-refractivity contribution in [3.8, 4) is 23.7 Å². The molecule has 0 spiro atoms. The van der Waals surface area contributed by atoms with Gasteiger partial charge in [-0.15, -0.1) is 0 Å². The van der Waals surface area contributed by atoms with E-state index in [4.69, 9.17) is 9.47 Å². The second-order valence-electron chi connectivity index (χ2n) is 13.9. The van der Waals surface area contributed by atoms with Gasteiger partial charge in [-0.3, -0.25) is 0 Å². The third-order valence-corrected chi connectivity index (χ3v) is 6.65. The van der Waals surface area contributed by atoms with Crippen molar-refractivity contribution in [2.24, 2.45) is 0 Å². The number of carbonyl (C=O) groups is 2. The van der Waals surface area contributed by atoms with Gasteiger partial charge < -0.3 is 9.47 Å². The molecule has 16 heteroatoms. The summed E-state index contributed by atoms with van der Waals surface area (Å²) < 4.78 is 74.9. The Hall–Kier alpha value is -5.40. The van der Waals surface area contributed by atoms with Crippen LogP contribution in [0.5, 0.6) is 0 Å². The second kappa shape index (κ2) is 14.2. The van der Waals surface area contributed by atoms with E-state index in [0.29, 0.717) is 22.4 Å². The van der Waals surface area contributed by atoms with Gasteiger partial charge in [0.25, 0.3) is 0 Å². The summed E-state index contributed by atoms with van der Waals surface area (Å²) in [6.07, 6.45) is 4.86. The van der Waals surface area contributed by atoms with E-state index in [9.17, 15) is 34.8 Å². The van der Waals surface area contributed by atoms with Crippen LogP contribution in [0.1, 0.15) is 83.8 Å². The molecule has 3 aromatic heterocycles. The zero-order valence-corrected chi connectivity index (χ0v) is 31.0. The van der Waals surface area contributed by atoms with E-state index in [2.05, 4.69) is 45.4 Å². The molecular formula is C37H38F6N5O4P. The topological polar surface area (TPSA) is 92.1 Å². The summed E-state index contributed by atoms with van der Waals surface area (Å²) in [5, 5.41) is 10.5. The van der Waals surface area contributed by atoms with Crippen LogP contribution in [0.3, 0.4) is 0 Å². The van der Waals surface area contributed by atoms with Gasteiger partial charge in [0.15, 0.2) is 12.4 Å². The number of benzene rings is 2. The number of nitrogens with zero attached hydrogens (tertiary/aromatic N) is 5. The van der Waals surface area contributed by atoms with Crippen LogP contribution < -0.4 is 4.57 Å². The number of ether oxygens (including phenoxy) is 2. The molecule has 53 heavy (non-hydrogen) atoms. The Bertz CT molecular complexity index is 2160. The third kappa shape index (κ3) is 13.0. The zero-order chi connectivity index (χ0) is 39.5. The first-order valence-electron chi connectivity index (χ1n) is 16.3. The van der Waals surface area contributed by atoms with Gasteiger partial charge in [-0.1, -0.05) is 49.5 Å². The van der Waals surface area contributed by atoms with E-state index in [0.717, 1.165) is 41.3 Å². The maximum atomic E-state index is 12.9. The number of fused-ring (bicyclic) bond motifs is 2. The van der Waals surface area contributed by atoms with E-state index < -0.39 is 31.2 Å². The predicted octanol–water partition coefficient (Wildman–Crippen LogP) is 10.2. The van der Waals surface area contributed by atoms with E-state index in [1.807, 2.05) is 109 Å². The monoisotopic (exact) mass is 761 g/mol. The summed E-state index contributed by atoms with van der Waals surface area (Å²) in [4.78, 5) is 25.8. The minimum atomic E-state index is -10.7. The van der Waals surface area contributed by atoms with E-state index in [-0.39, 0.29) is 0 Å². The van der Waals surface area contributed by atoms with E-state index >= 15 is 0 Å². The van der Waals surface area contributed by atoms with Crippen LogP contribution >= 0.6 is 7.81 Å². The number of halogens is 6. The average Bonchev–Trinajstić information content (AvgIpc) is 3.58. The molecular weight excluding hydrogens is 723 g/mol. The van der Waals surface area contributed by atoms with Gasteiger partial charge in [-0.05, 0) is 83.7 Å². The normalized spacial score (nSPS) is 13.0. The van der Waals surface area contributed by atoms with Crippen LogP contribution in [0.2, 0.25) is 0 Å². The van der Waals surface area contributed by atoms with Crippen molar-refractivity contribution in [3.05, 3.63) is 89.5 Å². The molecule has 0 N–H and O–H groups in total. The summed E-state index contributed by atoms with van der Waals surface area (Å²) in [5.41, 5.74) is 2.33. The number of hydrogen-bond donors (Lipinski definition) is 0. The molecule has 3 heterocycles. The zero-order valence-electron chi connectivity index (χ0n) is 30.1. The molecule has 5 aromatic rings.